The molecule has 134 valence electrons. The predicted molar refractivity (Wildman–Crippen MR) is 101 cm³/mol. The van der Waals surface area contributed by atoms with Crippen molar-refractivity contribution in [2.45, 2.75) is 4.90 Å². The summed E-state index contributed by atoms with van der Waals surface area (Å²) < 4.78 is 30.2. The van der Waals surface area contributed by atoms with Crippen LogP contribution in [0.5, 0.6) is 5.75 Å². The lowest BCUT2D eigenvalue weighted by atomic mass is 10.1. The van der Waals surface area contributed by atoms with Gasteiger partial charge in [-0.15, -0.1) is 0 Å². The van der Waals surface area contributed by atoms with Crippen LogP contribution < -0.4 is 9.92 Å². The fourth-order valence-electron chi connectivity index (χ4n) is 2.44. The average molecular weight is 378 g/mol. The van der Waals surface area contributed by atoms with Gasteiger partial charge in [-0.05, 0) is 46.7 Å². The lowest BCUT2D eigenvalue weighted by Crippen LogP contribution is -2.12. The van der Waals surface area contributed by atoms with Gasteiger partial charge in [0, 0.05) is 0 Å². The van der Waals surface area contributed by atoms with Gasteiger partial charge >= 0.3 is 10.1 Å². The molecule has 3 rings (SSSR count). The average Bonchev–Trinajstić information content (AvgIpc) is 2.66. The molecule has 0 aliphatic rings. The lowest BCUT2D eigenvalue weighted by molar-refractivity contribution is -0.114. The molecule has 0 aromatic heterocycles. The summed E-state index contributed by atoms with van der Waals surface area (Å²) >= 11 is 0. The Balaban J connectivity index is 1.85. The Morgan fingerprint density at radius 3 is 2.30 bits per heavy atom. The van der Waals surface area contributed by atoms with E-state index < -0.39 is 16.0 Å². The van der Waals surface area contributed by atoms with Gasteiger partial charge in [0.05, 0.1) is 0 Å². The van der Waals surface area contributed by atoms with Crippen molar-refractivity contribution >= 4 is 32.9 Å². The van der Waals surface area contributed by atoms with Gasteiger partial charge in [-0.2, -0.15) is 13.7 Å². The summed E-state index contributed by atoms with van der Waals surface area (Å²) in [6, 6.07) is 19.8. The molecule has 0 bridgehead atoms. The van der Waals surface area contributed by atoms with Crippen molar-refractivity contribution in [1.29, 1.82) is 5.26 Å². The number of primary amides is 1. The van der Waals surface area contributed by atoms with Crippen molar-refractivity contribution in [3.05, 3.63) is 77.9 Å². The Morgan fingerprint density at radius 1 is 1.00 bits per heavy atom. The molecule has 3 aromatic carbocycles. The van der Waals surface area contributed by atoms with Crippen LogP contribution in [0.15, 0.2) is 77.2 Å². The van der Waals surface area contributed by atoms with Gasteiger partial charge in [0.25, 0.3) is 5.91 Å². The number of fused-ring (bicyclic) bond motifs is 1. The molecule has 0 unspecified atom stereocenters. The van der Waals surface area contributed by atoms with Crippen molar-refractivity contribution in [2.24, 2.45) is 5.73 Å². The smallest absolute Gasteiger partial charge is 0.339 e. The topological polar surface area (TPSA) is 110 Å². The van der Waals surface area contributed by atoms with Gasteiger partial charge < -0.3 is 9.92 Å². The van der Waals surface area contributed by atoms with E-state index >= 15 is 0 Å². The van der Waals surface area contributed by atoms with Crippen LogP contribution in [0.25, 0.3) is 16.8 Å². The quantitative estimate of drug-likeness (QED) is 0.417. The number of carbonyl (C=O) groups is 1. The number of amides is 1. The molecule has 0 aliphatic heterocycles. The minimum atomic E-state index is -4.00. The molecule has 0 saturated carbocycles. The summed E-state index contributed by atoms with van der Waals surface area (Å²) in [5.41, 5.74) is 5.39. The molecule has 0 aliphatic carbocycles. The third kappa shape index (κ3) is 4.14. The second-order valence-corrected chi connectivity index (χ2v) is 7.20. The molecule has 0 radical (unpaired) electrons. The number of nitriles is 1. The maximum atomic E-state index is 12.5. The van der Waals surface area contributed by atoms with Crippen LogP contribution in [0.3, 0.4) is 0 Å². The highest BCUT2D eigenvalue weighted by Crippen LogP contribution is 2.23. The molecule has 27 heavy (non-hydrogen) atoms. The van der Waals surface area contributed by atoms with E-state index in [2.05, 4.69) is 0 Å². The van der Waals surface area contributed by atoms with Gasteiger partial charge in [-0.25, -0.2) is 0 Å². The van der Waals surface area contributed by atoms with Crippen molar-refractivity contribution in [2.75, 3.05) is 0 Å². The Bertz CT molecular complexity index is 1190. The monoisotopic (exact) mass is 378 g/mol. The third-order valence-corrected chi connectivity index (χ3v) is 5.04. The second kappa shape index (κ2) is 7.32. The number of benzene rings is 3. The summed E-state index contributed by atoms with van der Waals surface area (Å²) in [5, 5.41) is 10.6. The fourth-order valence-corrected chi connectivity index (χ4v) is 3.41. The molecule has 0 heterocycles. The fraction of sp³-hybridized carbons (Fsp3) is 0. The number of carbonyl (C=O) groups excluding carboxylic acids is 1. The van der Waals surface area contributed by atoms with Crippen LogP contribution in [0.1, 0.15) is 5.56 Å². The molecule has 0 fully saturated rings. The SMILES string of the molecule is N#C/C(=C\c1ccc(OS(=O)(=O)c2ccc3ccccc3c2)cc1)C(N)=O. The summed E-state index contributed by atoms with van der Waals surface area (Å²) in [5.74, 6) is -0.727. The predicted octanol–water partition coefficient (Wildman–Crippen LogP) is 3.00. The van der Waals surface area contributed by atoms with E-state index in [0.29, 0.717) is 5.56 Å². The summed E-state index contributed by atoms with van der Waals surface area (Å²) in [6.45, 7) is 0. The van der Waals surface area contributed by atoms with Gasteiger partial charge in [0.2, 0.25) is 0 Å². The number of rotatable bonds is 5. The maximum absolute atomic E-state index is 12.5. The highest BCUT2D eigenvalue weighted by Gasteiger charge is 2.17. The maximum Gasteiger partial charge on any atom is 0.339 e. The van der Waals surface area contributed by atoms with Crippen LogP contribution in [0.2, 0.25) is 0 Å². The number of hydrogen-bond acceptors (Lipinski definition) is 5. The molecule has 0 atom stereocenters. The molecular formula is C20H14N2O4S. The zero-order valence-corrected chi connectivity index (χ0v) is 14.8. The van der Waals surface area contributed by atoms with Crippen molar-refractivity contribution in [3.63, 3.8) is 0 Å². The highest BCUT2D eigenvalue weighted by molar-refractivity contribution is 7.87. The van der Waals surface area contributed by atoms with Crippen LogP contribution in [0.4, 0.5) is 0 Å². The van der Waals surface area contributed by atoms with E-state index in [0.717, 1.165) is 10.8 Å². The van der Waals surface area contributed by atoms with E-state index in [9.17, 15) is 13.2 Å². The van der Waals surface area contributed by atoms with Crippen LogP contribution in [-0.4, -0.2) is 14.3 Å². The summed E-state index contributed by atoms with van der Waals surface area (Å²) in [7, 11) is -4.00. The second-order valence-electron chi connectivity index (χ2n) is 5.65. The number of hydrogen-bond donors (Lipinski definition) is 1. The minimum absolute atomic E-state index is 0.0469. The van der Waals surface area contributed by atoms with Gasteiger partial charge in [-0.3, -0.25) is 4.79 Å². The molecule has 2 N–H and O–H groups in total. The van der Waals surface area contributed by atoms with Gasteiger partial charge in [0.15, 0.2) is 0 Å². The third-order valence-electron chi connectivity index (χ3n) is 3.79. The van der Waals surface area contributed by atoms with Crippen molar-refractivity contribution in [1.82, 2.24) is 0 Å². The standard InChI is InChI=1S/C20H14N2O4S/c21-13-17(20(22)23)11-14-5-8-18(9-6-14)26-27(24,25)19-10-7-15-3-1-2-4-16(15)12-19/h1-12H,(H2,22,23)/b17-11+. The first-order chi connectivity index (χ1) is 12.9. The molecular weight excluding hydrogens is 364 g/mol. The zero-order valence-electron chi connectivity index (χ0n) is 14.0. The van der Waals surface area contributed by atoms with E-state index in [-0.39, 0.29) is 16.2 Å². The summed E-state index contributed by atoms with van der Waals surface area (Å²) in [6.07, 6.45) is 1.31. The Hall–Kier alpha value is -3.63. The van der Waals surface area contributed by atoms with E-state index in [1.54, 1.807) is 18.2 Å². The van der Waals surface area contributed by atoms with Crippen LogP contribution in [0, 0.1) is 11.3 Å². The Labute approximate surface area is 156 Å². The first-order valence-electron chi connectivity index (χ1n) is 7.84. The first-order valence-corrected chi connectivity index (χ1v) is 9.25. The lowest BCUT2D eigenvalue weighted by Gasteiger charge is -2.08. The van der Waals surface area contributed by atoms with Crippen molar-refractivity contribution in [3.8, 4) is 11.8 Å². The Kier molecular flexibility index (Phi) is 4.92. The summed E-state index contributed by atoms with van der Waals surface area (Å²) in [4.78, 5) is 11.1. The normalized spacial score (nSPS) is 11.7. The minimum Gasteiger partial charge on any atom is -0.379 e. The Morgan fingerprint density at radius 2 is 1.67 bits per heavy atom. The molecule has 3 aromatic rings. The van der Waals surface area contributed by atoms with Gasteiger partial charge in [-0.1, -0.05) is 42.5 Å². The number of nitrogens with zero attached hydrogens (tertiary/aromatic N) is 1. The largest absolute Gasteiger partial charge is 0.379 e. The molecule has 1 amide bonds. The van der Waals surface area contributed by atoms with Gasteiger partial charge in [0.1, 0.15) is 22.3 Å². The molecule has 7 heteroatoms. The van der Waals surface area contributed by atoms with E-state index in [1.807, 2.05) is 24.3 Å². The van der Waals surface area contributed by atoms with Crippen LogP contribution in [-0.2, 0) is 14.9 Å². The van der Waals surface area contributed by atoms with Crippen LogP contribution >= 0.6 is 0 Å². The first kappa shape index (κ1) is 18.2. The van der Waals surface area contributed by atoms with E-state index in [1.165, 1.54) is 36.4 Å². The zero-order chi connectivity index (χ0) is 19.4. The molecule has 6 nitrogen and oxygen atoms in total. The van der Waals surface area contributed by atoms with E-state index in [4.69, 9.17) is 15.2 Å². The highest BCUT2D eigenvalue weighted by atomic mass is 32.2. The van der Waals surface area contributed by atoms with Crippen molar-refractivity contribution < 1.29 is 17.4 Å². The molecule has 0 spiro atoms. The molecule has 0 saturated heterocycles. The number of nitrogens with two attached hydrogens (primary N) is 1.